The van der Waals surface area contributed by atoms with Gasteiger partial charge in [0.05, 0.1) is 0 Å². The normalized spacial score (nSPS) is 36.8. The van der Waals surface area contributed by atoms with Gasteiger partial charge in [-0.05, 0) is 73.0 Å². The number of amides is 1. The third kappa shape index (κ3) is 3.96. The van der Waals surface area contributed by atoms with Crippen molar-refractivity contribution < 1.29 is 19.1 Å². The molecule has 5 rings (SSSR count). The van der Waals surface area contributed by atoms with Crippen molar-refractivity contribution >= 4 is 17.7 Å². The van der Waals surface area contributed by atoms with Gasteiger partial charge in [-0.15, -0.1) is 0 Å². The van der Waals surface area contributed by atoms with E-state index in [0.29, 0.717) is 25.3 Å². The number of alkyl carbamates (subject to hydrolysis) is 1. The van der Waals surface area contributed by atoms with Crippen molar-refractivity contribution in [2.24, 2.45) is 35.0 Å². The molecule has 0 spiro atoms. The van der Waals surface area contributed by atoms with Gasteiger partial charge < -0.3 is 10.1 Å². The summed E-state index contributed by atoms with van der Waals surface area (Å²) in [5.74, 6) is 1.48. The molecule has 7 atom stereocenters. The third-order valence-corrected chi connectivity index (χ3v) is 8.85. The zero-order valence-electron chi connectivity index (χ0n) is 19.5. The van der Waals surface area contributed by atoms with E-state index in [1.165, 1.54) is 0 Å². The van der Waals surface area contributed by atoms with Gasteiger partial charge in [0.1, 0.15) is 11.9 Å². The molecule has 174 valence electrons. The molecular formula is C28H33NO4. The molecule has 0 saturated heterocycles. The minimum atomic E-state index is -0.408. The molecule has 0 radical (unpaired) electrons. The van der Waals surface area contributed by atoms with Crippen LogP contribution in [-0.2, 0) is 20.9 Å². The van der Waals surface area contributed by atoms with E-state index in [2.05, 4.69) is 24.4 Å². The maximum Gasteiger partial charge on any atom is 0.407 e. The highest BCUT2D eigenvalue weighted by atomic mass is 16.6. The fourth-order valence-electron chi connectivity index (χ4n) is 7.44. The molecule has 5 heteroatoms. The predicted molar refractivity (Wildman–Crippen MR) is 125 cm³/mol. The summed E-state index contributed by atoms with van der Waals surface area (Å²) in [4.78, 5) is 37.5. The van der Waals surface area contributed by atoms with Crippen molar-refractivity contribution in [3.05, 3.63) is 59.7 Å². The Morgan fingerprint density at radius 2 is 1.94 bits per heavy atom. The van der Waals surface area contributed by atoms with E-state index in [1.54, 1.807) is 13.0 Å². The van der Waals surface area contributed by atoms with Crippen LogP contribution in [-0.4, -0.2) is 23.8 Å². The summed E-state index contributed by atoms with van der Waals surface area (Å²) in [6.07, 6.45) is 9.47. The maximum atomic E-state index is 12.9. The Hall–Kier alpha value is -2.69. The molecule has 33 heavy (non-hydrogen) atoms. The van der Waals surface area contributed by atoms with E-state index in [0.717, 1.165) is 30.4 Å². The number of fused-ring (bicyclic) bond motifs is 5. The lowest BCUT2D eigenvalue weighted by atomic mass is 9.51. The third-order valence-electron chi connectivity index (χ3n) is 8.85. The quantitative estimate of drug-likeness (QED) is 0.704. The summed E-state index contributed by atoms with van der Waals surface area (Å²) in [5, 5.41) is 2.91. The molecule has 7 unspecified atom stereocenters. The number of hydrogen-bond donors (Lipinski definition) is 1. The Labute approximate surface area is 195 Å². The summed E-state index contributed by atoms with van der Waals surface area (Å²) < 4.78 is 6.15. The number of hydrogen-bond acceptors (Lipinski definition) is 4. The first kappa shape index (κ1) is 22.1. The Bertz CT molecular complexity index is 1010. The number of nitrogens with one attached hydrogen (secondary N) is 1. The van der Waals surface area contributed by atoms with Crippen LogP contribution in [0.15, 0.2) is 54.1 Å². The molecule has 0 aromatic heterocycles. The molecule has 2 saturated carbocycles. The number of carbonyl (C=O) groups is 3. The lowest BCUT2D eigenvalue weighted by Crippen LogP contribution is -2.54. The first-order valence-corrected chi connectivity index (χ1v) is 12.3. The van der Waals surface area contributed by atoms with Gasteiger partial charge in [-0.3, -0.25) is 9.59 Å². The molecule has 0 aliphatic heterocycles. The lowest BCUT2D eigenvalue weighted by Gasteiger charge is -2.54. The lowest BCUT2D eigenvalue weighted by molar-refractivity contribution is -0.131. The minimum Gasteiger partial charge on any atom is -0.446 e. The number of ether oxygens (including phenoxy) is 1. The van der Waals surface area contributed by atoms with Crippen LogP contribution in [0.25, 0.3) is 0 Å². The number of Topliss-reactive ketones (excluding diaryl/α,β-unsaturated/α-hetero) is 1. The highest BCUT2D eigenvalue weighted by Gasteiger charge is 2.60. The van der Waals surface area contributed by atoms with Gasteiger partial charge in [0.15, 0.2) is 5.78 Å². The average molecular weight is 448 g/mol. The van der Waals surface area contributed by atoms with Crippen LogP contribution in [0.3, 0.4) is 0 Å². The summed E-state index contributed by atoms with van der Waals surface area (Å²) >= 11 is 0. The van der Waals surface area contributed by atoms with Gasteiger partial charge in [-0.2, -0.15) is 0 Å². The SMILES string of the molecule is CC(=O)C1CCC2C3C=CC4=CC(=O)CCC4C3C(OC(=O)NCc3ccccc3)CC12C. The largest absolute Gasteiger partial charge is 0.446 e. The number of ketones is 2. The molecule has 0 heterocycles. The molecule has 1 aromatic rings. The summed E-state index contributed by atoms with van der Waals surface area (Å²) in [5.41, 5.74) is 1.93. The average Bonchev–Trinajstić information content (AvgIpc) is 3.15. The van der Waals surface area contributed by atoms with E-state index in [9.17, 15) is 14.4 Å². The van der Waals surface area contributed by atoms with Crippen molar-refractivity contribution in [2.45, 2.75) is 58.6 Å². The molecule has 0 bridgehead atoms. The predicted octanol–water partition coefficient (Wildman–Crippen LogP) is 5.01. The number of benzene rings is 1. The van der Waals surface area contributed by atoms with Crippen LogP contribution in [0.4, 0.5) is 4.79 Å². The second-order valence-corrected chi connectivity index (χ2v) is 10.6. The zero-order chi connectivity index (χ0) is 23.2. The molecule has 4 aliphatic rings. The standard InChI is InChI=1S/C28H33NO4/c1-17(30)23-12-13-24-22-10-8-19-14-20(31)9-11-21(19)26(22)25(15-28(23,24)2)33-27(32)29-16-18-6-4-3-5-7-18/h3-8,10,14,21-26H,9,11-13,15-16H2,1-2H3,(H,29,32). The second kappa shape index (κ2) is 8.58. The Morgan fingerprint density at radius 1 is 1.15 bits per heavy atom. The van der Waals surface area contributed by atoms with Crippen LogP contribution in [0, 0.1) is 35.0 Å². The van der Waals surface area contributed by atoms with Gasteiger partial charge >= 0.3 is 6.09 Å². The van der Waals surface area contributed by atoms with Crippen molar-refractivity contribution in [2.75, 3.05) is 0 Å². The van der Waals surface area contributed by atoms with E-state index in [1.807, 2.05) is 30.3 Å². The van der Waals surface area contributed by atoms with Crippen molar-refractivity contribution in [3.63, 3.8) is 0 Å². The number of rotatable bonds is 4. The van der Waals surface area contributed by atoms with Crippen LogP contribution in [0.2, 0.25) is 0 Å². The molecule has 1 aromatic carbocycles. The maximum absolute atomic E-state index is 12.9. The van der Waals surface area contributed by atoms with Crippen molar-refractivity contribution in [1.82, 2.24) is 5.32 Å². The zero-order valence-corrected chi connectivity index (χ0v) is 19.5. The number of allylic oxidation sites excluding steroid dienone is 4. The fraction of sp³-hybridized carbons (Fsp3) is 0.536. The molecule has 5 nitrogen and oxygen atoms in total. The van der Waals surface area contributed by atoms with Crippen LogP contribution >= 0.6 is 0 Å². The molecule has 1 N–H and O–H groups in total. The van der Waals surface area contributed by atoms with Crippen molar-refractivity contribution in [3.8, 4) is 0 Å². The molecule has 2 fully saturated rings. The van der Waals surface area contributed by atoms with E-state index >= 15 is 0 Å². The summed E-state index contributed by atoms with van der Waals surface area (Å²) in [6, 6.07) is 9.79. The van der Waals surface area contributed by atoms with Gasteiger partial charge in [0, 0.05) is 24.8 Å². The van der Waals surface area contributed by atoms with Crippen LogP contribution in [0.5, 0.6) is 0 Å². The minimum absolute atomic E-state index is 0.0141. The Kier molecular flexibility index (Phi) is 5.75. The number of carbonyl (C=O) groups excluding carboxylic acids is 3. The van der Waals surface area contributed by atoms with Gasteiger partial charge in [0.2, 0.25) is 0 Å². The summed E-state index contributed by atoms with van der Waals surface area (Å²) in [7, 11) is 0. The first-order chi connectivity index (χ1) is 15.9. The van der Waals surface area contributed by atoms with Crippen LogP contribution < -0.4 is 5.32 Å². The molecule has 4 aliphatic carbocycles. The smallest absolute Gasteiger partial charge is 0.407 e. The monoisotopic (exact) mass is 447 g/mol. The van der Waals surface area contributed by atoms with Gasteiger partial charge in [-0.25, -0.2) is 4.79 Å². The Balaban J connectivity index is 1.42. The second-order valence-electron chi connectivity index (χ2n) is 10.6. The molecule has 1 amide bonds. The Morgan fingerprint density at radius 3 is 2.70 bits per heavy atom. The topological polar surface area (TPSA) is 72.5 Å². The van der Waals surface area contributed by atoms with Crippen LogP contribution in [0.1, 0.15) is 51.5 Å². The van der Waals surface area contributed by atoms with E-state index in [4.69, 9.17) is 4.74 Å². The fourth-order valence-corrected chi connectivity index (χ4v) is 7.44. The first-order valence-electron chi connectivity index (χ1n) is 12.3. The van der Waals surface area contributed by atoms with E-state index in [-0.39, 0.29) is 46.8 Å². The van der Waals surface area contributed by atoms with Gasteiger partial charge in [0.25, 0.3) is 0 Å². The van der Waals surface area contributed by atoms with Gasteiger partial charge in [-0.1, -0.05) is 49.4 Å². The molecular weight excluding hydrogens is 414 g/mol. The highest BCUT2D eigenvalue weighted by Crippen LogP contribution is 2.63. The van der Waals surface area contributed by atoms with Crippen molar-refractivity contribution in [1.29, 1.82) is 0 Å². The summed E-state index contributed by atoms with van der Waals surface area (Å²) in [6.45, 7) is 4.35. The highest BCUT2D eigenvalue weighted by molar-refractivity contribution is 5.92. The van der Waals surface area contributed by atoms with E-state index < -0.39 is 6.09 Å².